The molecule has 1 aromatic heterocycles. The van der Waals surface area contributed by atoms with E-state index in [1.54, 1.807) is 18.2 Å². The third-order valence-electron chi connectivity index (χ3n) is 1.76. The van der Waals surface area contributed by atoms with Gasteiger partial charge in [0.2, 0.25) is 6.20 Å². The van der Waals surface area contributed by atoms with Crippen molar-refractivity contribution < 1.29 is 15.0 Å². The molecule has 3 heteroatoms. The van der Waals surface area contributed by atoms with E-state index in [0.717, 1.165) is 10.1 Å². The first kappa shape index (κ1) is 6.91. The van der Waals surface area contributed by atoms with Crippen LogP contribution in [0.1, 0.15) is 0 Å². The Morgan fingerprint density at radius 1 is 1.17 bits per heavy atom. The highest BCUT2D eigenvalue weighted by Crippen LogP contribution is 2.15. The fraction of sp³-hybridized carbons (Fsp3) is 0. The molecule has 0 radical (unpaired) electrons. The average molecular weight is 162 g/mol. The van der Waals surface area contributed by atoms with Crippen molar-refractivity contribution in [1.29, 1.82) is 0 Å². The first-order valence-corrected chi connectivity index (χ1v) is 3.60. The lowest BCUT2D eigenvalue weighted by atomic mass is 10.2. The van der Waals surface area contributed by atoms with Gasteiger partial charge in [0.25, 0.3) is 5.52 Å². The van der Waals surface area contributed by atoms with Gasteiger partial charge < -0.3 is 5.11 Å². The monoisotopic (exact) mass is 162 g/mol. The van der Waals surface area contributed by atoms with Crippen LogP contribution in [0.25, 0.3) is 10.9 Å². The molecule has 0 spiro atoms. The van der Waals surface area contributed by atoms with Crippen molar-refractivity contribution in [2.45, 2.75) is 0 Å². The van der Waals surface area contributed by atoms with Gasteiger partial charge in [-0.1, -0.05) is 0 Å². The molecule has 2 aromatic rings. The molecule has 0 saturated carbocycles. The second kappa shape index (κ2) is 2.37. The van der Waals surface area contributed by atoms with Gasteiger partial charge in [-0.05, 0) is 18.2 Å². The molecule has 2 N–H and O–H groups in total. The molecule has 12 heavy (non-hydrogen) atoms. The summed E-state index contributed by atoms with van der Waals surface area (Å²) in [6.45, 7) is 0. The van der Waals surface area contributed by atoms with E-state index in [1.807, 2.05) is 6.07 Å². The molecule has 0 amide bonds. The molecule has 0 aliphatic carbocycles. The molecule has 0 unspecified atom stereocenters. The molecule has 0 bridgehead atoms. The summed E-state index contributed by atoms with van der Waals surface area (Å²) in [5, 5.41) is 19.3. The van der Waals surface area contributed by atoms with Crippen LogP contribution in [0.15, 0.2) is 36.5 Å². The van der Waals surface area contributed by atoms with E-state index in [2.05, 4.69) is 0 Å². The number of nitrogens with zero attached hydrogens (tertiary/aromatic N) is 1. The smallest absolute Gasteiger partial charge is 0.268 e. The summed E-state index contributed by atoms with van der Waals surface area (Å²) in [5.74, 6) is 0.150. The second-order valence-electron chi connectivity index (χ2n) is 2.60. The fourth-order valence-corrected chi connectivity index (χ4v) is 1.18. The number of benzene rings is 1. The Balaban J connectivity index is 2.88. The molecule has 2 rings (SSSR count). The molecule has 0 saturated heterocycles. The molecule has 60 valence electrons. The predicted molar refractivity (Wildman–Crippen MR) is 43.0 cm³/mol. The Morgan fingerprint density at radius 2 is 2.00 bits per heavy atom. The summed E-state index contributed by atoms with van der Waals surface area (Å²) in [6.07, 6.45) is 1.52. The average Bonchev–Trinajstić information content (AvgIpc) is 2.07. The van der Waals surface area contributed by atoms with Gasteiger partial charge >= 0.3 is 0 Å². The lowest BCUT2D eigenvalue weighted by Gasteiger charge is -1.93. The highest BCUT2D eigenvalue weighted by molar-refractivity contribution is 5.76. The Hall–Kier alpha value is -1.77. The number of hydrogen-bond donors (Lipinski definition) is 2. The number of phenols is 1. The quantitative estimate of drug-likeness (QED) is 0.449. The SMILES string of the molecule is Oc1ccc2ccc[n+](O)c2c1. The van der Waals surface area contributed by atoms with Gasteiger partial charge in [-0.25, -0.2) is 0 Å². The Morgan fingerprint density at radius 3 is 2.83 bits per heavy atom. The lowest BCUT2D eigenvalue weighted by Crippen LogP contribution is -2.29. The molecule has 1 aromatic carbocycles. The van der Waals surface area contributed by atoms with Crippen LogP contribution in [0.2, 0.25) is 0 Å². The highest BCUT2D eigenvalue weighted by atomic mass is 16.5. The van der Waals surface area contributed by atoms with Gasteiger partial charge in [0, 0.05) is 10.8 Å². The van der Waals surface area contributed by atoms with E-state index in [0.29, 0.717) is 5.52 Å². The molecular weight excluding hydrogens is 154 g/mol. The topological polar surface area (TPSA) is 44.3 Å². The third-order valence-corrected chi connectivity index (χ3v) is 1.76. The molecule has 0 aliphatic heterocycles. The van der Waals surface area contributed by atoms with Crippen molar-refractivity contribution in [2.24, 2.45) is 0 Å². The van der Waals surface area contributed by atoms with E-state index in [9.17, 15) is 5.21 Å². The van der Waals surface area contributed by atoms with Crippen molar-refractivity contribution in [3.8, 4) is 5.75 Å². The minimum atomic E-state index is 0.150. The third kappa shape index (κ3) is 0.955. The van der Waals surface area contributed by atoms with Gasteiger partial charge in [0.1, 0.15) is 5.75 Å². The summed E-state index contributed by atoms with van der Waals surface area (Å²) < 4.78 is 0.981. The number of pyridine rings is 1. The van der Waals surface area contributed by atoms with Gasteiger partial charge in [-0.2, -0.15) is 0 Å². The Labute approximate surface area is 69.1 Å². The van der Waals surface area contributed by atoms with Crippen molar-refractivity contribution in [3.05, 3.63) is 36.5 Å². The highest BCUT2D eigenvalue weighted by Gasteiger charge is 2.06. The van der Waals surface area contributed by atoms with Crippen molar-refractivity contribution in [3.63, 3.8) is 0 Å². The van der Waals surface area contributed by atoms with Crippen molar-refractivity contribution in [2.75, 3.05) is 0 Å². The maximum Gasteiger partial charge on any atom is 0.268 e. The van der Waals surface area contributed by atoms with Crippen molar-refractivity contribution in [1.82, 2.24) is 0 Å². The van der Waals surface area contributed by atoms with Gasteiger partial charge in [-0.15, -0.1) is 0 Å². The molecule has 3 nitrogen and oxygen atoms in total. The zero-order valence-corrected chi connectivity index (χ0v) is 6.31. The Bertz CT molecular complexity index is 426. The standard InChI is InChI=1S/C9H7NO2/c11-8-4-3-7-2-1-5-10(12)9(7)6-8/h1-6,12H/p+1. The fourth-order valence-electron chi connectivity index (χ4n) is 1.18. The Kier molecular flexibility index (Phi) is 1.37. The summed E-state index contributed by atoms with van der Waals surface area (Å²) in [7, 11) is 0. The van der Waals surface area contributed by atoms with E-state index < -0.39 is 0 Å². The summed E-state index contributed by atoms with van der Waals surface area (Å²) in [5.41, 5.74) is 0.595. The van der Waals surface area contributed by atoms with Crippen LogP contribution < -0.4 is 4.73 Å². The predicted octanol–water partition coefficient (Wildman–Crippen LogP) is 1.07. The van der Waals surface area contributed by atoms with Crippen LogP contribution in [-0.2, 0) is 0 Å². The largest absolute Gasteiger partial charge is 0.508 e. The van der Waals surface area contributed by atoms with Gasteiger partial charge in [0.05, 0.1) is 11.5 Å². The summed E-state index contributed by atoms with van der Waals surface area (Å²) in [6, 6.07) is 8.44. The number of fused-ring (bicyclic) bond motifs is 1. The maximum atomic E-state index is 9.30. The lowest BCUT2D eigenvalue weighted by molar-refractivity contribution is -0.884. The minimum Gasteiger partial charge on any atom is -0.508 e. The first-order chi connectivity index (χ1) is 5.77. The molecule has 1 heterocycles. The number of aromatic hydroxyl groups is 1. The minimum absolute atomic E-state index is 0.150. The van der Waals surface area contributed by atoms with Crippen LogP contribution in [0.3, 0.4) is 0 Å². The van der Waals surface area contributed by atoms with E-state index >= 15 is 0 Å². The van der Waals surface area contributed by atoms with Gasteiger partial charge in [-0.3, -0.25) is 5.21 Å². The molecule has 0 atom stereocenters. The number of rotatable bonds is 0. The summed E-state index contributed by atoms with van der Waals surface area (Å²) >= 11 is 0. The van der Waals surface area contributed by atoms with E-state index in [1.165, 1.54) is 12.3 Å². The zero-order chi connectivity index (χ0) is 8.55. The maximum absolute atomic E-state index is 9.30. The van der Waals surface area contributed by atoms with Crippen LogP contribution in [0, 0.1) is 0 Å². The second-order valence-corrected chi connectivity index (χ2v) is 2.60. The van der Waals surface area contributed by atoms with Gasteiger partial charge in [0.15, 0.2) is 0 Å². The van der Waals surface area contributed by atoms with Crippen LogP contribution in [0.4, 0.5) is 0 Å². The van der Waals surface area contributed by atoms with E-state index in [-0.39, 0.29) is 5.75 Å². The number of aromatic nitrogens is 1. The molecule has 0 aliphatic rings. The van der Waals surface area contributed by atoms with Crippen LogP contribution >= 0.6 is 0 Å². The number of phenolic OH excluding ortho intramolecular Hbond substituents is 1. The number of hydrogen-bond acceptors (Lipinski definition) is 2. The van der Waals surface area contributed by atoms with Crippen molar-refractivity contribution >= 4 is 10.9 Å². The normalized spacial score (nSPS) is 10.3. The van der Waals surface area contributed by atoms with E-state index in [4.69, 9.17) is 5.11 Å². The molecular formula is C9H8NO2+. The summed E-state index contributed by atoms with van der Waals surface area (Å²) in [4.78, 5) is 0. The zero-order valence-electron chi connectivity index (χ0n) is 6.31. The van der Waals surface area contributed by atoms with Crippen LogP contribution in [-0.4, -0.2) is 10.3 Å². The molecule has 0 fully saturated rings. The first-order valence-electron chi connectivity index (χ1n) is 3.60. The van der Waals surface area contributed by atoms with Crippen LogP contribution in [0.5, 0.6) is 5.75 Å².